The van der Waals surface area contributed by atoms with E-state index in [0.717, 1.165) is 16.0 Å². The number of nitrogen functional groups attached to an aromatic ring is 1. The van der Waals surface area contributed by atoms with Gasteiger partial charge >= 0.3 is 0 Å². The molecule has 2 fully saturated rings. The van der Waals surface area contributed by atoms with Crippen molar-refractivity contribution in [1.29, 1.82) is 0 Å². The van der Waals surface area contributed by atoms with Crippen molar-refractivity contribution < 1.29 is 4.74 Å². The maximum Gasteiger partial charge on any atom is 0.237 e. The zero-order chi connectivity index (χ0) is 14.4. The van der Waals surface area contributed by atoms with Crippen LogP contribution in [-0.4, -0.2) is 26.9 Å². The number of anilines is 1. The molecule has 2 N–H and O–H groups in total. The molecule has 0 atom stereocenters. The van der Waals surface area contributed by atoms with Crippen LogP contribution in [0.2, 0.25) is 0 Å². The van der Waals surface area contributed by atoms with Crippen LogP contribution in [0.5, 0.6) is 5.88 Å². The summed E-state index contributed by atoms with van der Waals surface area (Å²) in [6, 6.07) is 4.28. The number of ether oxygens (including phenoxy) is 1. The molecule has 0 amide bonds. The van der Waals surface area contributed by atoms with Crippen LogP contribution in [0.3, 0.4) is 0 Å². The van der Waals surface area contributed by atoms with Gasteiger partial charge in [0.2, 0.25) is 5.88 Å². The van der Waals surface area contributed by atoms with Crippen molar-refractivity contribution in [1.82, 2.24) is 19.7 Å². The first-order valence-electron chi connectivity index (χ1n) is 7.19. The Kier molecular flexibility index (Phi) is 3.02. The van der Waals surface area contributed by atoms with Crippen LogP contribution >= 0.6 is 11.8 Å². The van der Waals surface area contributed by atoms with Gasteiger partial charge in [-0.3, -0.25) is 0 Å². The lowest BCUT2D eigenvalue weighted by atomic mass is 10.4. The second kappa shape index (κ2) is 4.91. The fraction of sp³-hybridized carbons (Fsp3) is 0.500. The highest BCUT2D eigenvalue weighted by Gasteiger charge is 2.36. The highest BCUT2D eigenvalue weighted by Crippen LogP contribution is 2.46. The molecule has 2 aromatic rings. The Morgan fingerprint density at radius 2 is 2.05 bits per heavy atom. The molecule has 21 heavy (non-hydrogen) atoms. The molecule has 2 aromatic heterocycles. The van der Waals surface area contributed by atoms with Gasteiger partial charge in [0, 0.05) is 12.0 Å². The van der Waals surface area contributed by atoms with Gasteiger partial charge in [0.05, 0.1) is 12.8 Å². The van der Waals surface area contributed by atoms with Crippen LogP contribution in [0.1, 0.15) is 43.5 Å². The molecular formula is C14H17N5OS. The van der Waals surface area contributed by atoms with E-state index >= 15 is 0 Å². The number of hydrogen-bond acceptors (Lipinski definition) is 6. The highest BCUT2D eigenvalue weighted by molar-refractivity contribution is 7.99. The van der Waals surface area contributed by atoms with E-state index in [-0.39, 0.29) is 0 Å². The van der Waals surface area contributed by atoms with Crippen molar-refractivity contribution in [2.75, 3.05) is 12.8 Å². The Morgan fingerprint density at radius 1 is 1.24 bits per heavy atom. The van der Waals surface area contributed by atoms with Gasteiger partial charge in [-0.2, -0.15) is 0 Å². The predicted octanol–water partition coefficient (Wildman–Crippen LogP) is 2.63. The van der Waals surface area contributed by atoms with Gasteiger partial charge in [0.15, 0.2) is 5.16 Å². The Hall–Kier alpha value is -1.76. The lowest BCUT2D eigenvalue weighted by Gasteiger charge is -2.08. The highest BCUT2D eigenvalue weighted by atomic mass is 32.2. The molecule has 7 heteroatoms. The summed E-state index contributed by atoms with van der Waals surface area (Å²) < 4.78 is 7.49. The number of pyridine rings is 1. The standard InChI is InChI=1S/C14H17N5OS/c1-20-13-10(15)6-7-11(16-13)21-14-18-17-12(8-2-3-8)19(14)9-4-5-9/h6-9H,2-5,15H2,1H3. The summed E-state index contributed by atoms with van der Waals surface area (Å²) in [6.07, 6.45) is 4.93. The molecule has 2 saturated carbocycles. The summed E-state index contributed by atoms with van der Waals surface area (Å²) in [5.41, 5.74) is 6.35. The molecule has 0 unspecified atom stereocenters. The van der Waals surface area contributed by atoms with Crippen LogP contribution in [0.4, 0.5) is 5.69 Å². The van der Waals surface area contributed by atoms with E-state index < -0.39 is 0 Å². The smallest absolute Gasteiger partial charge is 0.237 e. The molecule has 2 heterocycles. The average molecular weight is 303 g/mol. The van der Waals surface area contributed by atoms with Crippen LogP contribution in [0, 0.1) is 0 Å². The van der Waals surface area contributed by atoms with Gasteiger partial charge in [0.1, 0.15) is 10.9 Å². The first-order valence-corrected chi connectivity index (χ1v) is 8.01. The molecule has 2 aliphatic carbocycles. The maximum absolute atomic E-state index is 5.80. The van der Waals surface area contributed by atoms with Gasteiger partial charge in [-0.25, -0.2) is 4.98 Å². The van der Waals surface area contributed by atoms with E-state index in [1.54, 1.807) is 7.11 Å². The summed E-state index contributed by atoms with van der Waals surface area (Å²) >= 11 is 1.53. The molecule has 4 rings (SSSR count). The summed E-state index contributed by atoms with van der Waals surface area (Å²) in [6.45, 7) is 0. The van der Waals surface area contributed by atoms with Crippen LogP contribution in [-0.2, 0) is 0 Å². The minimum Gasteiger partial charge on any atom is -0.480 e. The molecule has 6 nitrogen and oxygen atoms in total. The largest absolute Gasteiger partial charge is 0.480 e. The summed E-state index contributed by atoms with van der Waals surface area (Å²) in [5.74, 6) is 2.23. The molecule has 2 aliphatic rings. The van der Waals surface area contributed by atoms with Crippen molar-refractivity contribution in [3.05, 3.63) is 18.0 Å². The van der Waals surface area contributed by atoms with E-state index in [1.807, 2.05) is 12.1 Å². The SMILES string of the molecule is COc1nc(Sc2nnc(C3CC3)n2C2CC2)ccc1N. The minimum atomic E-state index is 0.458. The number of nitrogens with two attached hydrogens (primary N) is 1. The van der Waals surface area contributed by atoms with Gasteiger partial charge in [0.25, 0.3) is 0 Å². The number of methoxy groups -OCH3 is 1. The first-order chi connectivity index (χ1) is 10.3. The molecule has 0 bridgehead atoms. The number of hydrogen-bond donors (Lipinski definition) is 1. The Balaban J connectivity index is 1.65. The second-order valence-electron chi connectivity index (χ2n) is 5.57. The van der Waals surface area contributed by atoms with E-state index in [0.29, 0.717) is 23.5 Å². The summed E-state index contributed by atoms with van der Waals surface area (Å²) in [4.78, 5) is 4.41. The van der Waals surface area contributed by atoms with Crippen LogP contribution < -0.4 is 10.5 Å². The Bertz CT molecular complexity index is 678. The lowest BCUT2D eigenvalue weighted by molar-refractivity contribution is 0.397. The van der Waals surface area contributed by atoms with Gasteiger partial charge in [-0.1, -0.05) is 0 Å². The van der Waals surface area contributed by atoms with E-state index in [2.05, 4.69) is 19.7 Å². The van der Waals surface area contributed by atoms with Gasteiger partial charge < -0.3 is 15.0 Å². The Morgan fingerprint density at radius 3 is 2.71 bits per heavy atom. The van der Waals surface area contributed by atoms with Gasteiger partial charge in [-0.05, 0) is 49.6 Å². The van der Waals surface area contributed by atoms with Crippen molar-refractivity contribution >= 4 is 17.4 Å². The predicted molar refractivity (Wildman–Crippen MR) is 79.6 cm³/mol. The first kappa shape index (κ1) is 12.9. The van der Waals surface area contributed by atoms with Crippen LogP contribution in [0.15, 0.2) is 22.3 Å². The third-order valence-corrected chi connectivity index (χ3v) is 4.70. The topological polar surface area (TPSA) is 78.9 Å². The van der Waals surface area contributed by atoms with Gasteiger partial charge in [-0.15, -0.1) is 10.2 Å². The summed E-state index contributed by atoms with van der Waals surface area (Å²) in [7, 11) is 1.57. The fourth-order valence-electron chi connectivity index (χ4n) is 2.40. The molecule has 0 spiro atoms. The molecule has 0 radical (unpaired) electrons. The number of aromatic nitrogens is 4. The Labute approximate surface area is 127 Å². The zero-order valence-electron chi connectivity index (χ0n) is 11.8. The second-order valence-corrected chi connectivity index (χ2v) is 6.55. The average Bonchev–Trinajstić information content (AvgIpc) is 3.40. The van der Waals surface area contributed by atoms with Crippen molar-refractivity contribution in [3.8, 4) is 5.88 Å². The molecule has 0 aromatic carbocycles. The fourth-order valence-corrected chi connectivity index (χ4v) is 3.28. The quantitative estimate of drug-likeness (QED) is 0.914. The number of rotatable bonds is 5. The lowest BCUT2D eigenvalue weighted by Crippen LogP contribution is -2.02. The zero-order valence-corrected chi connectivity index (χ0v) is 12.6. The van der Waals surface area contributed by atoms with Crippen molar-refractivity contribution in [3.63, 3.8) is 0 Å². The van der Waals surface area contributed by atoms with E-state index in [9.17, 15) is 0 Å². The molecule has 0 aliphatic heterocycles. The van der Waals surface area contributed by atoms with Crippen LogP contribution in [0.25, 0.3) is 0 Å². The van der Waals surface area contributed by atoms with Crippen molar-refractivity contribution in [2.45, 2.75) is 47.8 Å². The third kappa shape index (κ3) is 2.46. The maximum atomic E-state index is 5.80. The minimum absolute atomic E-state index is 0.458. The molecular weight excluding hydrogens is 286 g/mol. The third-order valence-electron chi connectivity index (χ3n) is 3.80. The normalized spacial score (nSPS) is 18.0. The molecule has 0 saturated heterocycles. The number of nitrogens with zero attached hydrogens (tertiary/aromatic N) is 4. The van der Waals surface area contributed by atoms with Crippen molar-refractivity contribution in [2.24, 2.45) is 0 Å². The van der Waals surface area contributed by atoms with E-state index in [1.165, 1.54) is 37.4 Å². The van der Waals surface area contributed by atoms with E-state index in [4.69, 9.17) is 10.5 Å². The molecule has 110 valence electrons. The monoisotopic (exact) mass is 303 g/mol. The summed E-state index contributed by atoms with van der Waals surface area (Å²) in [5, 5.41) is 10.5.